The Balaban J connectivity index is 1.59. The Morgan fingerprint density at radius 1 is 1.31 bits per heavy atom. The first-order valence-electron chi connectivity index (χ1n) is 8.84. The minimum atomic E-state index is -0.343. The van der Waals surface area contributed by atoms with E-state index in [4.69, 9.17) is 11.6 Å². The van der Waals surface area contributed by atoms with Gasteiger partial charge >= 0.3 is 0 Å². The van der Waals surface area contributed by atoms with E-state index in [1.165, 1.54) is 5.56 Å². The molecule has 0 bridgehead atoms. The van der Waals surface area contributed by atoms with Gasteiger partial charge in [-0.05, 0) is 61.9 Å². The number of rotatable bonds is 4. The Labute approximate surface area is 158 Å². The molecular weight excluding hydrogens is 348 g/mol. The van der Waals surface area contributed by atoms with Crippen LogP contribution in [0.5, 0.6) is 0 Å². The first kappa shape index (κ1) is 17.3. The highest BCUT2D eigenvalue weighted by molar-refractivity contribution is 6.30. The summed E-state index contributed by atoms with van der Waals surface area (Å²) in [6.07, 6.45) is 4.86. The third-order valence-corrected chi connectivity index (χ3v) is 5.52. The van der Waals surface area contributed by atoms with Gasteiger partial charge in [0.15, 0.2) is 0 Å². The fraction of sp³-hybridized carbons (Fsp3) is 0.350. The van der Waals surface area contributed by atoms with Crippen LogP contribution in [0.4, 0.5) is 5.82 Å². The van der Waals surface area contributed by atoms with Gasteiger partial charge in [-0.1, -0.05) is 17.7 Å². The van der Waals surface area contributed by atoms with Crippen molar-refractivity contribution in [2.24, 2.45) is 5.92 Å². The van der Waals surface area contributed by atoms with Gasteiger partial charge in [0.25, 0.3) is 0 Å². The highest BCUT2D eigenvalue weighted by Gasteiger charge is 2.31. The monoisotopic (exact) mass is 369 g/mol. The first-order valence-corrected chi connectivity index (χ1v) is 9.22. The van der Waals surface area contributed by atoms with Crippen molar-refractivity contribution in [2.75, 3.05) is 5.32 Å². The zero-order valence-corrected chi connectivity index (χ0v) is 15.4. The average molecular weight is 370 g/mol. The number of benzene rings is 1. The fourth-order valence-electron chi connectivity index (χ4n) is 3.74. The van der Waals surface area contributed by atoms with Gasteiger partial charge in [0.1, 0.15) is 17.8 Å². The molecule has 3 atom stereocenters. The molecule has 0 spiro atoms. The van der Waals surface area contributed by atoms with Crippen molar-refractivity contribution in [3.8, 4) is 0 Å². The van der Waals surface area contributed by atoms with Crippen molar-refractivity contribution in [2.45, 2.75) is 38.5 Å². The molecule has 4 rings (SSSR count). The van der Waals surface area contributed by atoms with Gasteiger partial charge in [-0.2, -0.15) is 0 Å². The van der Waals surface area contributed by atoms with Crippen molar-refractivity contribution < 1.29 is 5.11 Å². The molecule has 1 aliphatic rings. The van der Waals surface area contributed by atoms with Gasteiger partial charge in [-0.3, -0.25) is 0 Å². The maximum atomic E-state index is 10.0. The third-order valence-electron chi connectivity index (χ3n) is 5.29. The summed E-state index contributed by atoms with van der Waals surface area (Å²) in [5.41, 5.74) is 3.22. The van der Waals surface area contributed by atoms with Crippen LogP contribution in [0.3, 0.4) is 0 Å². The van der Waals surface area contributed by atoms with E-state index < -0.39 is 0 Å². The van der Waals surface area contributed by atoms with E-state index in [1.807, 2.05) is 30.5 Å². The predicted octanol–water partition coefficient (Wildman–Crippen LogP) is 4.15. The zero-order valence-electron chi connectivity index (χ0n) is 14.7. The van der Waals surface area contributed by atoms with Crippen LogP contribution in [-0.4, -0.2) is 25.7 Å². The van der Waals surface area contributed by atoms with Crippen molar-refractivity contribution in [1.82, 2.24) is 14.5 Å². The number of aliphatic hydroxyl groups excluding tert-OH is 1. The summed E-state index contributed by atoms with van der Waals surface area (Å²) < 4.78 is 2.14. The Morgan fingerprint density at radius 3 is 2.88 bits per heavy atom. The third kappa shape index (κ3) is 3.17. The van der Waals surface area contributed by atoms with E-state index in [0.717, 1.165) is 33.9 Å². The number of fused-ring (bicyclic) bond motifs is 1. The molecule has 0 unspecified atom stereocenters. The van der Waals surface area contributed by atoms with Crippen LogP contribution in [0.2, 0.25) is 5.02 Å². The minimum absolute atomic E-state index is 0.0739. The summed E-state index contributed by atoms with van der Waals surface area (Å²) in [7, 11) is 0. The van der Waals surface area contributed by atoms with Gasteiger partial charge in [0.05, 0.1) is 11.5 Å². The summed E-state index contributed by atoms with van der Waals surface area (Å²) in [5, 5.41) is 15.2. The SMILES string of the molecule is [CH2][C@H]1C[C@@H](n2ccc3c(NCc4ccc(Cl)cc4C)ncnc32)C[C@@H]1O. The molecule has 1 aromatic carbocycles. The van der Waals surface area contributed by atoms with Gasteiger partial charge in [0, 0.05) is 23.8 Å². The van der Waals surface area contributed by atoms with Crippen LogP contribution in [-0.2, 0) is 6.54 Å². The molecular formula is C20H22ClN4O. The minimum Gasteiger partial charge on any atom is -0.393 e. The average Bonchev–Trinajstić information content (AvgIpc) is 3.18. The molecule has 0 aliphatic heterocycles. The maximum Gasteiger partial charge on any atom is 0.145 e. The Morgan fingerprint density at radius 2 is 2.15 bits per heavy atom. The number of nitrogens with zero attached hydrogens (tertiary/aromatic N) is 3. The number of halogens is 1. The van der Waals surface area contributed by atoms with E-state index in [0.29, 0.717) is 13.0 Å². The molecule has 2 aromatic heterocycles. The van der Waals surface area contributed by atoms with Crippen molar-refractivity contribution in [3.63, 3.8) is 0 Å². The van der Waals surface area contributed by atoms with E-state index in [9.17, 15) is 5.11 Å². The number of aromatic nitrogens is 3. The second-order valence-corrected chi connectivity index (χ2v) is 7.50. The summed E-state index contributed by atoms with van der Waals surface area (Å²) >= 11 is 6.03. The molecule has 2 heterocycles. The van der Waals surface area contributed by atoms with Crippen molar-refractivity contribution in [3.05, 3.63) is 59.9 Å². The summed E-state index contributed by atoms with van der Waals surface area (Å²) in [6.45, 7) is 6.76. The van der Waals surface area contributed by atoms with Crippen LogP contribution in [0.25, 0.3) is 11.0 Å². The van der Waals surface area contributed by atoms with Crippen molar-refractivity contribution in [1.29, 1.82) is 0 Å². The molecule has 6 heteroatoms. The molecule has 2 N–H and O–H groups in total. The number of nitrogens with one attached hydrogen (secondary N) is 1. The molecule has 1 radical (unpaired) electrons. The molecule has 3 aromatic rings. The lowest BCUT2D eigenvalue weighted by Gasteiger charge is -2.14. The molecule has 0 amide bonds. The number of aryl methyl sites for hydroxylation is 1. The quantitative estimate of drug-likeness (QED) is 0.725. The number of hydrogen-bond acceptors (Lipinski definition) is 4. The largest absolute Gasteiger partial charge is 0.393 e. The smallest absolute Gasteiger partial charge is 0.145 e. The van der Waals surface area contributed by atoms with Crippen LogP contribution in [0, 0.1) is 19.8 Å². The summed E-state index contributed by atoms with van der Waals surface area (Å²) in [4.78, 5) is 8.89. The summed E-state index contributed by atoms with van der Waals surface area (Å²) in [5.74, 6) is 0.887. The van der Waals surface area contributed by atoms with E-state index in [-0.39, 0.29) is 18.1 Å². The highest BCUT2D eigenvalue weighted by atomic mass is 35.5. The van der Waals surface area contributed by atoms with Crippen molar-refractivity contribution >= 4 is 28.5 Å². The van der Waals surface area contributed by atoms with Crippen LogP contribution >= 0.6 is 11.6 Å². The highest BCUT2D eigenvalue weighted by Crippen LogP contribution is 2.36. The first-order chi connectivity index (χ1) is 12.5. The Hall–Kier alpha value is -2.11. The van der Waals surface area contributed by atoms with E-state index >= 15 is 0 Å². The van der Waals surface area contributed by atoms with Gasteiger partial charge in [-0.25, -0.2) is 9.97 Å². The van der Waals surface area contributed by atoms with E-state index in [1.54, 1.807) is 6.33 Å². The molecule has 135 valence electrons. The van der Waals surface area contributed by atoms with Gasteiger partial charge < -0.3 is 15.0 Å². The van der Waals surface area contributed by atoms with Crippen LogP contribution in [0.1, 0.15) is 30.0 Å². The van der Waals surface area contributed by atoms with Crippen LogP contribution < -0.4 is 5.32 Å². The molecule has 1 aliphatic carbocycles. The summed E-state index contributed by atoms with van der Waals surface area (Å²) in [6, 6.07) is 8.16. The van der Waals surface area contributed by atoms with Gasteiger partial charge in [-0.15, -0.1) is 0 Å². The van der Waals surface area contributed by atoms with Gasteiger partial charge in [0.2, 0.25) is 0 Å². The lowest BCUT2D eigenvalue weighted by Crippen LogP contribution is -2.09. The van der Waals surface area contributed by atoms with Crippen LogP contribution in [0.15, 0.2) is 36.8 Å². The fourth-order valence-corrected chi connectivity index (χ4v) is 3.97. The maximum absolute atomic E-state index is 10.0. The molecule has 5 nitrogen and oxygen atoms in total. The van der Waals surface area contributed by atoms with E-state index in [2.05, 4.69) is 33.7 Å². The molecule has 1 saturated carbocycles. The second-order valence-electron chi connectivity index (χ2n) is 7.06. The lowest BCUT2D eigenvalue weighted by molar-refractivity contribution is 0.149. The lowest BCUT2D eigenvalue weighted by atomic mass is 10.1. The Bertz CT molecular complexity index is 929. The molecule has 0 saturated heterocycles. The normalized spacial score (nSPS) is 22.8. The zero-order chi connectivity index (χ0) is 18.3. The number of aliphatic hydroxyl groups is 1. The second kappa shape index (κ2) is 6.89. The Kier molecular flexibility index (Phi) is 4.59. The predicted molar refractivity (Wildman–Crippen MR) is 104 cm³/mol. The topological polar surface area (TPSA) is 63.0 Å². The number of hydrogen-bond donors (Lipinski definition) is 2. The molecule has 26 heavy (non-hydrogen) atoms. The standard InChI is InChI=1S/C20H22ClN4O/c1-12-7-15(21)4-3-14(12)10-22-19-17-5-6-25(20(17)24-11-23-19)16-8-13(2)18(26)9-16/h3-7,11,13,16,18,26H,2,8-10H2,1H3,(H,22,23,24)/t13-,16+,18-/m0/s1. The molecule has 1 fully saturated rings. The number of anilines is 1.